The van der Waals surface area contributed by atoms with Crippen LogP contribution in [0.25, 0.3) is 0 Å². The fourth-order valence-corrected chi connectivity index (χ4v) is 1.59. The number of amides is 1. The Hall–Kier alpha value is -1.32. The van der Waals surface area contributed by atoms with Crippen molar-refractivity contribution in [2.45, 2.75) is 31.2 Å². The van der Waals surface area contributed by atoms with E-state index < -0.39 is 11.5 Å². The lowest BCUT2D eigenvalue weighted by molar-refractivity contribution is -0.149. The maximum Gasteiger partial charge on any atom is 0.329 e. The summed E-state index contributed by atoms with van der Waals surface area (Å²) in [5.74, 6) is -1.16. The zero-order valence-electron chi connectivity index (χ0n) is 7.38. The van der Waals surface area contributed by atoms with E-state index >= 15 is 0 Å². The van der Waals surface area contributed by atoms with Crippen LogP contribution in [0.15, 0.2) is 12.7 Å². The van der Waals surface area contributed by atoms with E-state index in [1.807, 2.05) is 0 Å². The SMILES string of the molecule is C=CCC1(C(=O)O)CCCC(=O)N1. The predicted molar refractivity (Wildman–Crippen MR) is 47.2 cm³/mol. The first-order valence-electron chi connectivity index (χ1n) is 4.26. The van der Waals surface area contributed by atoms with E-state index in [2.05, 4.69) is 11.9 Å². The lowest BCUT2D eigenvalue weighted by Gasteiger charge is -2.33. The molecule has 1 atom stereocenters. The van der Waals surface area contributed by atoms with Gasteiger partial charge >= 0.3 is 5.97 Å². The fourth-order valence-electron chi connectivity index (χ4n) is 1.59. The number of aliphatic carboxylic acids is 1. The molecule has 0 aromatic rings. The van der Waals surface area contributed by atoms with Crippen molar-refractivity contribution in [1.82, 2.24) is 5.32 Å². The maximum atomic E-state index is 11.0. The Balaban J connectivity index is 2.82. The molecule has 1 fully saturated rings. The second-order valence-corrected chi connectivity index (χ2v) is 3.28. The molecule has 1 heterocycles. The minimum atomic E-state index is -1.10. The molecule has 1 amide bonds. The zero-order valence-corrected chi connectivity index (χ0v) is 7.38. The summed E-state index contributed by atoms with van der Waals surface area (Å²) >= 11 is 0. The number of rotatable bonds is 3. The van der Waals surface area contributed by atoms with E-state index in [1.54, 1.807) is 0 Å². The lowest BCUT2D eigenvalue weighted by atomic mass is 9.86. The van der Waals surface area contributed by atoms with Crippen molar-refractivity contribution < 1.29 is 14.7 Å². The first kappa shape index (κ1) is 9.77. The number of carboxylic acids is 1. The Morgan fingerprint density at radius 1 is 1.77 bits per heavy atom. The summed E-state index contributed by atoms with van der Waals surface area (Å²) in [4.78, 5) is 22.0. The quantitative estimate of drug-likeness (QED) is 0.632. The van der Waals surface area contributed by atoms with Crippen molar-refractivity contribution in [2.75, 3.05) is 0 Å². The van der Waals surface area contributed by atoms with Crippen LogP contribution in [0, 0.1) is 0 Å². The summed E-state index contributed by atoms with van der Waals surface area (Å²) in [5, 5.41) is 11.5. The highest BCUT2D eigenvalue weighted by molar-refractivity contribution is 5.88. The van der Waals surface area contributed by atoms with Crippen molar-refractivity contribution in [3.63, 3.8) is 0 Å². The average Bonchev–Trinajstić information content (AvgIpc) is 2.04. The average molecular weight is 183 g/mol. The molecular weight excluding hydrogens is 170 g/mol. The Morgan fingerprint density at radius 2 is 2.46 bits per heavy atom. The third-order valence-corrected chi connectivity index (χ3v) is 2.29. The molecule has 0 aliphatic carbocycles. The van der Waals surface area contributed by atoms with Crippen LogP contribution in [-0.2, 0) is 9.59 Å². The molecule has 0 radical (unpaired) electrons. The van der Waals surface area contributed by atoms with Crippen LogP contribution in [-0.4, -0.2) is 22.5 Å². The number of piperidine rings is 1. The minimum Gasteiger partial charge on any atom is -0.479 e. The topological polar surface area (TPSA) is 66.4 Å². The minimum absolute atomic E-state index is 0.185. The molecule has 0 spiro atoms. The van der Waals surface area contributed by atoms with Gasteiger partial charge in [-0.05, 0) is 19.3 Å². The van der Waals surface area contributed by atoms with Crippen LogP contribution in [0.4, 0.5) is 0 Å². The fraction of sp³-hybridized carbons (Fsp3) is 0.556. The number of hydrogen-bond donors (Lipinski definition) is 2. The molecule has 0 aromatic carbocycles. The van der Waals surface area contributed by atoms with Crippen LogP contribution in [0.2, 0.25) is 0 Å². The Kier molecular flexibility index (Phi) is 2.70. The van der Waals surface area contributed by atoms with Gasteiger partial charge in [0.15, 0.2) is 0 Å². The predicted octanol–water partition coefficient (Wildman–Crippen LogP) is 0.686. The maximum absolute atomic E-state index is 11.0. The molecule has 0 saturated carbocycles. The summed E-state index contributed by atoms with van der Waals surface area (Å²) in [6.45, 7) is 3.49. The van der Waals surface area contributed by atoms with Gasteiger partial charge in [0.1, 0.15) is 5.54 Å². The van der Waals surface area contributed by atoms with E-state index in [0.29, 0.717) is 19.3 Å². The monoisotopic (exact) mass is 183 g/mol. The molecule has 1 aliphatic heterocycles. The molecule has 1 rings (SSSR count). The molecule has 4 nitrogen and oxygen atoms in total. The molecular formula is C9H13NO3. The number of hydrogen-bond acceptors (Lipinski definition) is 2. The number of nitrogens with one attached hydrogen (secondary N) is 1. The van der Waals surface area contributed by atoms with Gasteiger partial charge in [-0.3, -0.25) is 4.79 Å². The van der Waals surface area contributed by atoms with Crippen LogP contribution in [0.3, 0.4) is 0 Å². The number of carbonyl (C=O) groups excluding carboxylic acids is 1. The number of carbonyl (C=O) groups is 2. The van der Waals surface area contributed by atoms with Gasteiger partial charge in [-0.25, -0.2) is 4.79 Å². The van der Waals surface area contributed by atoms with Crippen molar-refractivity contribution in [3.8, 4) is 0 Å². The van der Waals surface area contributed by atoms with E-state index in [0.717, 1.165) is 0 Å². The van der Waals surface area contributed by atoms with Crippen molar-refractivity contribution in [3.05, 3.63) is 12.7 Å². The first-order valence-corrected chi connectivity index (χ1v) is 4.26. The number of carboxylic acid groups (broad SMARTS) is 1. The van der Waals surface area contributed by atoms with Gasteiger partial charge in [-0.15, -0.1) is 6.58 Å². The van der Waals surface area contributed by atoms with E-state index in [1.165, 1.54) is 6.08 Å². The first-order chi connectivity index (χ1) is 6.10. The lowest BCUT2D eigenvalue weighted by Crippen LogP contribution is -2.56. The molecule has 1 aliphatic rings. The smallest absolute Gasteiger partial charge is 0.329 e. The van der Waals surface area contributed by atoms with Gasteiger partial charge in [0.2, 0.25) is 5.91 Å². The van der Waals surface area contributed by atoms with Crippen LogP contribution in [0.1, 0.15) is 25.7 Å². The molecule has 0 aromatic heterocycles. The van der Waals surface area contributed by atoms with Gasteiger partial charge in [-0.1, -0.05) is 6.08 Å². The van der Waals surface area contributed by atoms with E-state index in [9.17, 15) is 9.59 Å². The highest BCUT2D eigenvalue weighted by atomic mass is 16.4. The largest absolute Gasteiger partial charge is 0.479 e. The Bertz CT molecular complexity index is 249. The van der Waals surface area contributed by atoms with Crippen LogP contribution < -0.4 is 5.32 Å². The van der Waals surface area contributed by atoms with Gasteiger partial charge in [0, 0.05) is 6.42 Å². The summed E-state index contributed by atoms with van der Waals surface area (Å²) in [7, 11) is 0. The standard InChI is InChI=1S/C9H13NO3/c1-2-5-9(8(12)13)6-3-4-7(11)10-9/h2H,1,3-6H2,(H,10,11)(H,12,13). The second kappa shape index (κ2) is 3.60. The molecule has 1 saturated heterocycles. The third-order valence-electron chi connectivity index (χ3n) is 2.29. The molecule has 4 heteroatoms. The van der Waals surface area contributed by atoms with Crippen LogP contribution in [0.5, 0.6) is 0 Å². The molecule has 1 unspecified atom stereocenters. The molecule has 2 N–H and O–H groups in total. The summed E-state index contributed by atoms with van der Waals surface area (Å²) in [6, 6.07) is 0. The normalized spacial score (nSPS) is 27.8. The molecule has 0 bridgehead atoms. The summed E-state index contributed by atoms with van der Waals surface area (Å²) in [5.41, 5.74) is -1.10. The van der Waals surface area contributed by atoms with Gasteiger partial charge in [0.25, 0.3) is 0 Å². The van der Waals surface area contributed by atoms with Crippen molar-refractivity contribution in [2.24, 2.45) is 0 Å². The highest BCUT2D eigenvalue weighted by Gasteiger charge is 2.40. The Labute approximate surface area is 76.6 Å². The molecule has 13 heavy (non-hydrogen) atoms. The highest BCUT2D eigenvalue weighted by Crippen LogP contribution is 2.24. The van der Waals surface area contributed by atoms with Crippen molar-refractivity contribution in [1.29, 1.82) is 0 Å². The van der Waals surface area contributed by atoms with Gasteiger partial charge < -0.3 is 10.4 Å². The third kappa shape index (κ3) is 1.88. The second-order valence-electron chi connectivity index (χ2n) is 3.28. The van der Waals surface area contributed by atoms with Gasteiger partial charge in [-0.2, -0.15) is 0 Å². The van der Waals surface area contributed by atoms with Crippen LogP contribution >= 0.6 is 0 Å². The van der Waals surface area contributed by atoms with Crippen molar-refractivity contribution >= 4 is 11.9 Å². The van der Waals surface area contributed by atoms with Gasteiger partial charge in [0.05, 0.1) is 0 Å². The summed E-state index contributed by atoms with van der Waals surface area (Å²) in [6.07, 6.45) is 3.35. The molecule has 72 valence electrons. The van der Waals surface area contributed by atoms with E-state index in [4.69, 9.17) is 5.11 Å². The zero-order chi connectivity index (χ0) is 9.90. The van der Waals surface area contributed by atoms with E-state index in [-0.39, 0.29) is 12.3 Å². The Morgan fingerprint density at radius 3 is 2.92 bits per heavy atom. The summed E-state index contributed by atoms with van der Waals surface area (Å²) < 4.78 is 0.